The van der Waals surface area contributed by atoms with E-state index in [1.807, 2.05) is 22.9 Å². The molecule has 0 aliphatic heterocycles. The molecule has 3 nitrogen and oxygen atoms in total. The molecule has 14 heavy (non-hydrogen) atoms. The van der Waals surface area contributed by atoms with Gasteiger partial charge in [0.05, 0.1) is 0 Å². The van der Waals surface area contributed by atoms with E-state index >= 15 is 0 Å². The van der Waals surface area contributed by atoms with Crippen molar-refractivity contribution in [2.75, 3.05) is 0 Å². The summed E-state index contributed by atoms with van der Waals surface area (Å²) in [7, 11) is -2.46. The highest BCUT2D eigenvalue weighted by atomic mass is 32.1. The van der Waals surface area contributed by atoms with Crippen LogP contribution in [0.5, 0.6) is 10.1 Å². The van der Waals surface area contributed by atoms with Crippen molar-refractivity contribution in [3.63, 3.8) is 0 Å². The van der Waals surface area contributed by atoms with Crippen molar-refractivity contribution >= 4 is 30.9 Å². The van der Waals surface area contributed by atoms with Crippen LogP contribution in [0.3, 0.4) is 0 Å². The van der Waals surface area contributed by atoms with Crippen LogP contribution in [0.15, 0.2) is 35.0 Å². The highest BCUT2D eigenvalue weighted by molar-refractivity contribution is 7.35. The number of rotatable bonds is 4. The Morgan fingerprint density at radius 2 is 1.50 bits per heavy atom. The standard InChI is InChI=1S/C8H7O3PS2/c9-12(10-7-3-1-5-13-7)11-8-4-2-6-14-8/h1-6,12H. The van der Waals surface area contributed by atoms with E-state index in [2.05, 4.69) is 0 Å². The maximum absolute atomic E-state index is 11.3. The van der Waals surface area contributed by atoms with Crippen molar-refractivity contribution in [3.8, 4) is 10.1 Å². The quantitative estimate of drug-likeness (QED) is 0.772. The zero-order valence-corrected chi connectivity index (χ0v) is 9.64. The molecule has 0 fully saturated rings. The molecular weight excluding hydrogens is 239 g/mol. The second-order valence-electron chi connectivity index (χ2n) is 2.32. The van der Waals surface area contributed by atoms with Crippen LogP contribution in [0.4, 0.5) is 0 Å². The van der Waals surface area contributed by atoms with Gasteiger partial charge in [-0.1, -0.05) is 0 Å². The third kappa shape index (κ3) is 2.61. The first kappa shape index (κ1) is 9.77. The third-order valence-electron chi connectivity index (χ3n) is 1.36. The second-order valence-corrected chi connectivity index (χ2v) is 5.05. The summed E-state index contributed by atoms with van der Waals surface area (Å²) in [4.78, 5) is 0. The molecule has 0 radical (unpaired) electrons. The van der Waals surface area contributed by atoms with Crippen LogP contribution in [0, 0.1) is 0 Å². The van der Waals surface area contributed by atoms with Crippen LogP contribution in [-0.2, 0) is 4.57 Å². The van der Waals surface area contributed by atoms with Crippen molar-refractivity contribution in [2.24, 2.45) is 0 Å². The summed E-state index contributed by atoms with van der Waals surface area (Å²) in [5, 5.41) is 4.95. The summed E-state index contributed by atoms with van der Waals surface area (Å²) in [5.74, 6) is 0. The monoisotopic (exact) mass is 246 g/mol. The Labute approximate surface area is 89.9 Å². The lowest BCUT2D eigenvalue weighted by molar-refractivity contribution is 0.424. The number of hydrogen-bond acceptors (Lipinski definition) is 5. The van der Waals surface area contributed by atoms with Gasteiger partial charge in [-0.15, -0.1) is 22.7 Å². The first-order valence-corrected chi connectivity index (χ1v) is 6.80. The highest BCUT2D eigenvalue weighted by Gasteiger charge is 2.04. The predicted octanol–water partition coefficient (Wildman–Crippen LogP) is 3.66. The van der Waals surface area contributed by atoms with Gasteiger partial charge < -0.3 is 9.05 Å². The van der Waals surface area contributed by atoms with Crippen LogP contribution in [0.2, 0.25) is 0 Å². The molecule has 0 aliphatic carbocycles. The van der Waals surface area contributed by atoms with Crippen molar-refractivity contribution in [3.05, 3.63) is 35.0 Å². The van der Waals surface area contributed by atoms with Gasteiger partial charge in [-0.3, -0.25) is 0 Å². The smallest absolute Gasteiger partial charge is 0.407 e. The van der Waals surface area contributed by atoms with Gasteiger partial charge >= 0.3 is 8.25 Å². The number of hydrogen-bond donors (Lipinski definition) is 0. The van der Waals surface area contributed by atoms with Crippen molar-refractivity contribution in [2.45, 2.75) is 0 Å². The molecule has 0 amide bonds. The topological polar surface area (TPSA) is 35.5 Å². The van der Waals surface area contributed by atoms with E-state index in [1.54, 1.807) is 12.1 Å². The lowest BCUT2D eigenvalue weighted by Crippen LogP contribution is -1.84. The largest absolute Gasteiger partial charge is 0.420 e. The van der Waals surface area contributed by atoms with Crippen LogP contribution in [-0.4, -0.2) is 0 Å². The summed E-state index contributed by atoms with van der Waals surface area (Å²) in [5.41, 5.74) is 0. The van der Waals surface area contributed by atoms with E-state index in [-0.39, 0.29) is 0 Å². The molecule has 0 saturated heterocycles. The average Bonchev–Trinajstić information content (AvgIpc) is 2.76. The second kappa shape index (κ2) is 4.64. The molecule has 0 unspecified atom stereocenters. The molecule has 2 rings (SSSR count). The average molecular weight is 246 g/mol. The van der Waals surface area contributed by atoms with E-state index in [9.17, 15) is 4.57 Å². The lowest BCUT2D eigenvalue weighted by Gasteiger charge is -2.02. The van der Waals surface area contributed by atoms with Crippen LogP contribution in [0.1, 0.15) is 0 Å². The van der Waals surface area contributed by atoms with E-state index in [4.69, 9.17) is 9.05 Å². The zero-order valence-electron chi connectivity index (χ0n) is 7.01. The minimum absolute atomic E-state index is 0.616. The Morgan fingerprint density at radius 3 is 1.86 bits per heavy atom. The molecule has 0 aromatic carbocycles. The highest BCUT2D eigenvalue weighted by Crippen LogP contribution is 2.34. The van der Waals surface area contributed by atoms with Gasteiger partial charge in [0.2, 0.25) is 0 Å². The van der Waals surface area contributed by atoms with E-state index in [0.29, 0.717) is 10.1 Å². The fourth-order valence-electron chi connectivity index (χ4n) is 0.828. The predicted molar refractivity (Wildman–Crippen MR) is 58.9 cm³/mol. The van der Waals surface area contributed by atoms with Crippen molar-refractivity contribution in [1.29, 1.82) is 0 Å². The molecule has 0 aliphatic rings. The van der Waals surface area contributed by atoms with E-state index in [1.165, 1.54) is 22.7 Å². The molecule has 74 valence electrons. The Kier molecular flexibility index (Phi) is 3.24. The Bertz CT molecular complexity index is 358. The Hall–Kier alpha value is -0.770. The number of thiophene rings is 2. The maximum atomic E-state index is 11.3. The summed E-state index contributed by atoms with van der Waals surface area (Å²) in [6, 6.07) is 7.18. The summed E-state index contributed by atoms with van der Waals surface area (Å²) < 4.78 is 21.5. The first-order chi connectivity index (χ1) is 6.84. The van der Waals surface area contributed by atoms with Gasteiger partial charge in [0.25, 0.3) is 0 Å². The van der Waals surface area contributed by atoms with Gasteiger partial charge in [-0.2, -0.15) is 0 Å². The van der Waals surface area contributed by atoms with Gasteiger partial charge in [-0.25, -0.2) is 4.57 Å². The lowest BCUT2D eigenvalue weighted by atomic mass is 10.7. The molecular formula is C8H7O3PS2. The molecule has 0 saturated carbocycles. The molecule has 6 heteroatoms. The normalized spacial score (nSPS) is 10.4. The van der Waals surface area contributed by atoms with Crippen molar-refractivity contribution in [1.82, 2.24) is 0 Å². The summed E-state index contributed by atoms with van der Waals surface area (Å²) in [6.45, 7) is 0. The Morgan fingerprint density at radius 1 is 1.00 bits per heavy atom. The van der Waals surface area contributed by atoms with Gasteiger partial charge in [0.1, 0.15) is 0 Å². The SMILES string of the molecule is O=[PH](Oc1cccs1)Oc1cccs1. The first-order valence-electron chi connectivity index (χ1n) is 3.81. The maximum Gasteiger partial charge on any atom is 0.420 e. The molecule has 0 atom stereocenters. The molecule has 2 aromatic heterocycles. The zero-order chi connectivity index (χ0) is 9.80. The molecule has 0 bridgehead atoms. The van der Waals surface area contributed by atoms with E-state index < -0.39 is 8.25 Å². The minimum atomic E-state index is -2.46. The van der Waals surface area contributed by atoms with Gasteiger partial charge in [-0.05, 0) is 35.0 Å². The third-order valence-corrected chi connectivity index (χ3v) is 3.92. The van der Waals surface area contributed by atoms with Crippen LogP contribution in [0.25, 0.3) is 0 Å². The summed E-state index contributed by atoms with van der Waals surface area (Å²) >= 11 is 2.78. The Balaban J connectivity index is 1.91. The van der Waals surface area contributed by atoms with E-state index in [0.717, 1.165) is 0 Å². The molecule has 0 N–H and O–H groups in total. The molecule has 0 spiro atoms. The van der Waals surface area contributed by atoms with Crippen LogP contribution >= 0.6 is 30.9 Å². The fraction of sp³-hybridized carbons (Fsp3) is 0. The molecule has 2 aromatic rings. The van der Waals surface area contributed by atoms with Crippen molar-refractivity contribution < 1.29 is 13.6 Å². The molecule has 2 heterocycles. The summed E-state index contributed by atoms with van der Waals surface area (Å²) in [6.07, 6.45) is 0. The van der Waals surface area contributed by atoms with Crippen LogP contribution < -0.4 is 9.05 Å². The van der Waals surface area contributed by atoms with Gasteiger partial charge in [0.15, 0.2) is 10.1 Å². The minimum Gasteiger partial charge on any atom is -0.407 e. The fourth-order valence-corrected chi connectivity index (χ4v) is 3.02. The van der Waals surface area contributed by atoms with Gasteiger partial charge in [0, 0.05) is 0 Å².